The number of hydrogen-bond donors (Lipinski definition) is 0. The van der Waals surface area contributed by atoms with Crippen LogP contribution >= 0.6 is 0 Å². The number of unbranched alkanes of at least 4 members (excludes halogenated alkanes) is 28. The molecule has 0 rings (SSSR count). The fraction of sp³-hybridized carbons (Fsp3) is 0.939. The molecule has 0 aliphatic carbocycles. The van der Waals surface area contributed by atoms with Crippen LogP contribution in [0.3, 0.4) is 0 Å². The first kappa shape index (κ1) is 53.4. The molecule has 0 aromatic heterocycles. The Labute approximate surface area is 342 Å². The zero-order valence-electron chi connectivity index (χ0n) is 37.6. The third-order valence-electron chi connectivity index (χ3n) is 11.0. The topological polar surface area (TPSA) is 78.9 Å². The first-order valence-corrected chi connectivity index (χ1v) is 24.2. The fourth-order valence-electron chi connectivity index (χ4n) is 7.28. The summed E-state index contributed by atoms with van der Waals surface area (Å²) in [5.74, 6) is 0.785. The highest BCUT2D eigenvalue weighted by atomic mass is 16.6. The Morgan fingerprint density at radius 3 is 0.891 bits per heavy atom. The molecule has 0 aromatic carbocycles. The van der Waals surface area contributed by atoms with Gasteiger partial charge in [-0.25, -0.2) is 0 Å². The summed E-state index contributed by atoms with van der Waals surface area (Å²) in [6.07, 6.45) is 41.1. The summed E-state index contributed by atoms with van der Waals surface area (Å²) in [4.78, 5) is 37.6. The summed E-state index contributed by atoms with van der Waals surface area (Å²) >= 11 is 0. The molecule has 0 aliphatic heterocycles. The predicted molar refractivity (Wildman–Crippen MR) is 233 cm³/mol. The minimum absolute atomic E-state index is 0.0649. The largest absolute Gasteiger partial charge is 0.462 e. The average Bonchev–Trinajstić information content (AvgIpc) is 3.15. The second-order valence-corrected chi connectivity index (χ2v) is 17.7. The van der Waals surface area contributed by atoms with Crippen molar-refractivity contribution in [2.75, 3.05) is 13.2 Å². The summed E-state index contributed by atoms with van der Waals surface area (Å²) in [7, 11) is 0. The fourth-order valence-corrected chi connectivity index (χ4v) is 7.28. The van der Waals surface area contributed by atoms with Gasteiger partial charge in [-0.1, -0.05) is 227 Å². The number of ether oxygens (including phenoxy) is 3. The van der Waals surface area contributed by atoms with Crippen LogP contribution in [0.15, 0.2) is 0 Å². The Hall–Kier alpha value is -1.59. The number of carbonyl (C=O) groups is 3. The molecule has 0 saturated carbocycles. The molecule has 326 valence electrons. The minimum Gasteiger partial charge on any atom is -0.462 e. The van der Waals surface area contributed by atoms with E-state index in [9.17, 15) is 14.4 Å². The lowest BCUT2D eigenvalue weighted by molar-refractivity contribution is -0.167. The Morgan fingerprint density at radius 1 is 0.345 bits per heavy atom. The summed E-state index contributed by atoms with van der Waals surface area (Å²) in [6, 6.07) is 0. The maximum Gasteiger partial charge on any atom is 0.306 e. The molecule has 0 spiro atoms. The SMILES string of the molecule is CCCCCCCCCC(=O)OC[C@@H](COC(=O)CCCCCCCCCCCCCCCCCCC(C)C)OC(=O)CCCCCCCCCCC(C)C. The monoisotopic (exact) mass is 779 g/mol. The van der Waals surface area contributed by atoms with Crippen LogP contribution in [0.4, 0.5) is 0 Å². The summed E-state index contributed by atoms with van der Waals surface area (Å²) in [5.41, 5.74) is 0. The van der Waals surface area contributed by atoms with Crippen molar-refractivity contribution in [2.45, 2.75) is 272 Å². The second-order valence-electron chi connectivity index (χ2n) is 17.7. The Kier molecular flexibility index (Phi) is 40.8. The average molecular weight is 779 g/mol. The minimum atomic E-state index is -0.760. The van der Waals surface area contributed by atoms with Crippen molar-refractivity contribution in [2.24, 2.45) is 11.8 Å². The van der Waals surface area contributed by atoms with E-state index >= 15 is 0 Å². The van der Waals surface area contributed by atoms with Crippen LogP contribution in [0.1, 0.15) is 266 Å². The van der Waals surface area contributed by atoms with Gasteiger partial charge in [-0.2, -0.15) is 0 Å². The van der Waals surface area contributed by atoms with Gasteiger partial charge in [0.25, 0.3) is 0 Å². The van der Waals surface area contributed by atoms with E-state index < -0.39 is 6.10 Å². The van der Waals surface area contributed by atoms with Crippen LogP contribution in [-0.4, -0.2) is 37.2 Å². The zero-order chi connectivity index (χ0) is 40.5. The molecule has 0 amide bonds. The number of hydrogen-bond acceptors (Lipinski definition) is 6. The maximum atomic E-state index is 12.7. The predicted octanol–water partition coefficient (Wildman–Crippen LogP) is 15.4. The van der Waals surface area contributed by atoms with E-state index in [1.807, 2.05) is 0 Å². The number of esters is 3. The van der Waals surface area contributed by atoms with Crippen molar-refractivity contribution >= 4 is 17.9 Å². The normalized spacial score (nSPS) is 12.1. The molecular weight excluding hydrogens is 685 g/mol. The van der Waals surface area contributed by atoms with Crippen molar-refractivity contribution in [3.8, 4) is 0 Å². The van der Waals surface area contributed by atoms with Crippen LogP contribution in [0.25, 0.3) is 0 Å². The van der Waals surface area contributed by atoms with Gasteiger partial charge >= 0.3 is 17.9 Å². The summed E-state index contributed by atoms with van der Waals surface area (Å²) < 4.78 is 16.7. The lowest BCUT2D eigenvalue weighted by Gasteiger charge is -2.18. The quantitative estimate of drug-likeness (QED) is 0.0348. The Balaban J connectivity index is 4.16. The number of rotatable bonds is 43. The van der Waals surface area contributed by atoms with E-state index in [1.54, 1.807) is 0 Å². The Bertz CT molecular complexity index is 839. The van der Waals surface area contributed by atoms with Crippen molar-refractivity contribution < 1.29 is 28.6 Å². The molecule has 6 nitrogen and oxygen atoms in total. The van der Waals surface area contributed by atoms with Gasteiger partial charge in [0.2, 0.25) is 0 Å². The van der Waals surface area contributed by atoms with Gasteiger partial charge in [0, 0.05) is 19.3 Å². The second kappa shape index (κ2) is 42.0. The first-order chi connectivity index (χ1) is 26.7. The molecule has 0 unspecified atom stereocenters. The highest BCUT2D eigenvalue weighted by Crippen LogP contribution is 2.17. The third-order valence-corrected chi connectivity index (χ3v) is 11.0. The van der Waals surface area contributed by atoms with Crippen molar-refractivity contribution in [3.63, 3.8) is 0 Å². The molecule has 0 aliphatic rings. The van der Waals surface area contributed by atoms with E-state index in [4.69, 9.17) is 14.2 Å². The molecule has 0 bridgehead atoms. The van der Waals surface area contributed by atoms with E-state index in [1.165, 1.54) is 154 Å². The summed E-state index contributed by atoms with van der Waals surface area (Å²) in [6.45, 7) is 11.3. The molecule has 0 aromatic rings. The van der Waals surface area contributed by atoms with E-state index in [0.29, 0.717) is 19.3 Å². The van der Waals surface area contributed by atoms with Gasteiger partial charge in [0.1, 0.15) is 13.2 Å². The van der Waals surface area contributed by atoms with Gasteiger partial charge < -0.3 is 14.2 Å². The molecule has 1 atom stereocenters. The van der Waals surface area contributed by atoms with Crippen molar-refractivity contribution in [3.05, 3.63) is 0 Å². The highest BCUT2D eigenvalue weighted by Gasteiger charge is 2.19. The molecule has 55 heavy (non-hydrogen) atoms. The maximum absolute atomic E-state index is 12.7. The van der Waals surface area contributed by atoms with Crippen LogP contribution in [0.5, 0.6) is 0 Å². The van der Waals surface area contributed by atoms with Gasteiger partial charge in [-0.05, 0) is 31.1 Å². The Morgan fingerprint density at radius 2 is 0.600 bits per heavy atom. The summed E-state index contributed by atoms with van der Waals surface area (Å²) in [5, 5.41) is 0. The standard InChI is InChI=1S/C49H94O6/c1-6-7-8-9-22-29-34-39-47(50)53-42-46(55-49(52)41-36-31-26-21-20-24-28-33-38-45(4)5)43-54-48(51)40-35-30-25-19-17-15-13-11-10-12-14-16-18-23-27-32-37-44(2)3/h44-46H,6-43H2,1-5H3/t46-/m0/s1. The van der Waals surface area contributed by atoms with Crippen LogP contribution in [0.2, 0.25) is 0 Å². The van der Waals surface area contributed by atoms with Gasteiger partial charge in [-0.3, -0.25) is 14.4 Å². The van der Waals surface area contributed by atoms with Crippen LogP contribution < -0.4 is 0 Å². The lowest BCUT2D eigenvalue weighted by atomic mass is 10.0. The van der Waals surface area contributed by atoms with Crippen LogP contribution in [-0.2, 0) is 28.6 Å². The number of carbonyl (C=O) groups excluding carboxylic acids is 3. The van der Waals surface area contributed by atoms with Crippen molar-refractivity contribution in [1.29, 1.82) is 0 Å². The molecule has 0 heterocycles. The lowest BCUT2D eigenvalue weighted by Crippen LogP contribution is -2.30. The van der Waals surface area contributed by atoms with Crippen LogP contribution in [0, 0.1) is 11.8 Å². The van der Waals surface area contributed by atoms with Gasteiger partial charge in [-0.15, -0.1) is 0 Å². The highest BCUT2D eigenvalue weighted by molar-refractivity contribution is 5.71. The van der Waals surface area contributed by atoms with Crippen molar-refractivity contribution in [1.82, 2.24) is 0 Å². The third kappa shape index (κ3) is 43.4. The molecule has 0 fully saturated rings. The molecule has 0 N–H and O–H groups in total. The molecular formula is C49H94O6. The zero-order valence-corrected chi connectivity index (χ0v) is 37.6. The molecule has 6 heteroatoms. The van der Waals surface area contributed by atoms with Gasteiger partial charge in [0.15, 0.2) is 6.10 Å². The smallest absolute Gasteiger partial charge is 0.306 e. The molecule has 0 saturated heterocycles. The van der Waals surface area contributed by atoms with Gasteiger partial charge in [0.05, 0.1) is 0 Å². The molecule has 0 radical (unpaired) electrons. The van der Waals surface area contributed by atoms with E-state index in [2.05, 4.69) is 34.6 Å². The van der Waals surface area contributed by atoms with E-state index in [-0.39, 0.29) is 31.1 Å². The van der Waals surface area contributed by atoms with E-state index in [0.717, 1.165) is 69.6 Å². The first-order valence-electron chi connectivity index (χ1n) is 24.2.